The quantitative estimate of drug-likeness (QED) is 0.691. The number of halogens is 2. The molecule has 3 nitrogen and oxygen atoms in total. The molecule has 19 heavy (non-hydrogen) atoms. The lowest BCUT2D eigenvalue weighted by molar-refractivity contribution is 0.102. The van der Waals surface area contributed by atoms with Gasteiger partial charge in [0, 0.05) is 4.90 Å². The van der Waals surface area contributed by atoms with Crippen LogP contribution in [-0.4, -0.2) is 17.1 Å². The number of nitrogens with zero attached hydrogens (tertiary/aromatic N) is 1. The van der Waals surface area contributed by atoms with Crippen LogP contribution in [0.15, 0.2) is 41.4 Å². The van der Waals surface area contributed by atoms with E-state index in [0.29, 0.717) is 5.69 Å². The molecular weight excluding hydrogens is 287 g/mol. The standard InChI is InChI=1S/C13H10ClFN2OS/c1-19-11-5-3-2-4-10(11)17-13(18)9-6-8(15)7-16-12(9)14/h2-7H,1H3,(H,17,18). The average molecular weight is 297 g/mol. The van der Waals surface area contributed by atoms with Crippen LogP contribution in [-0.2, 0) is 0 Å². The Morgan fingerprint density at radius 1 is 1.42 bits per heavy atom. The Balaban J connectivity index is 2.28. The van der Waals surface area contributed by atoms with Crippen LogP contribution in [0.5, 0.6) is 0 Å². The Bertz CT molecular complexity index is 621. The fraction of sp³-hybridized carbons (Fsp3) is 0.0769. The van der Waals surface area contributed by atoms with E-state index in [2.05, 4.69) is 10.3 Å². The van der Waals surface area contributed by atoms with E-state index in [0.717, 1.165) is 17.2 Å². The van der Waals surface area contributed by atoms with Crippen molar-refractivity contribution in [3.63, 3.8) is 0 Å². The van der Waals surface area contributed by atoms with Crippen molar-refractivity contribution in [3.8, 4) is 0 Å². The topological polar surface area (TPSA) is 42.0 Å². The number of carbonyl (C=O) groups excluding carboxylic acids is 1. The SMILES string of the molecule is CSc1ccccc1NC(=O)c1cc(F)cnc1Cl. The molecule has 0 aliphatic carbocycles. The van der Waals surface area contributed by atoms with Crippen LogP contribution in [0.25, 0.3) is 0 Å². The first-order valence-corrected chi connectivity index (χ1v) is 6.97. The second-order valence-corrected chi connectivity index (χ2v) is 4.85. The van der Waals surface area contributed by atoms with Crippen molar-refractivity contribution < 1.29 is 9.18 Å². The number of amides is 1. The first-order valence-electron chi connectivity index (χ1n) is 5.37. The van der Waals surface area contributed by atoms with E-state index in [1.807, 2.05) is 18.4 Å². The molecule has 0 fully saturated rings. The normalized spacial score (nSPS) is 10.3. The fourth-order valence-corrected chi connectivity index (χ4v) is 2.26. The second kappa shape index (κ2) is 6.04. The van der Waals surface area contributed by atoms with Gasteiger partial charge in [-0.15, -0.1) is 11.8 Å². The van der Waals surface area contributed by atoms with E-state index in [4.69, 9.17) is 11.6 Å². The molecule has 2 rings (SSSR count). The van der Waals surface area contributed by atoms with Crippen LogP contribution in [0.1, 0.15) is 10.4 Å². The van der Waals surface area contributed by atoms with Crippen molar-refractivity contribution in [1.29, 1.82) is 0 Å². The van der Waals surface area contributed by atoms with Crippen LogP contribution in [0.3, 0.4) is 0 Å². The van der Waals surface area contributed by atoms with Gasteiger partial charge in [0.15, 0.2) is 0 Å². The van der Waals surface area contributed by atoms with E-state index in [1.165, 1.54) is 11.8 Å². The predicted octanol–water partition coefficient (Wildman–Crippen LogP) is 3.85. The Kier molecular flexibility index (Phi) is 4.39. The van der Waals surface area contributed by atoms with Crippen LogP contribution < -0.4 is 5.32 Å². The third-order valence-electron chi connectivity index (χ3n) is 2.41. The molecule has 0 unspecified atom stereocenters. The number of aromatic nitrogens is 1. The molecule has 1 amide bonds. The molecule has 1 aromatic carbocycles. The summed E-state index contributed by atoms with van der Waals surface area (Å²) in [6, 6.07) is 8.39. The molecular formula is C13H10ClFN2OS. The molecule has 0 aliphatic rings. The number of hydrogen-bond acceptors (Lipinski definition) is 3. The highest BCUT2D eigenvalue weighted by Gasteiger charge is 2.14. The maximum Gasteiger partial charge on any atom is 0.258 e. The molecule has 0 atom stereocenters. The van der Waals surface area contributed by atoms with E-state index in [1.54, 1.807) is 12.1 Å². The van der Waals surface area contributed by atoms with Gasteiger partial charge in [-0.2, -0.15) is 0 Å². The lowest BCUT2D eigenvalue weighted by atomic mass is 10.2. The molecule has 1 N–H and O–H groups in total. The van der Waals surface area contributed by atoms with Gasteiger partial charge in [0.2, 0.25) is 0 Å². The molecule has 1 aromatic heterocycles. The molecule has 0 saturated carbocycles. The van der Waals surface area contributed by atoms with Gasteiger partial charge in [0.1, 0.15) is 11.0 Å². The minimum absolute atomic E-state index is 0.0116. The zero-order valence-corrected chi connectivity index (χ0v) is 11.6. The summed E-state index contributed by atoms with van der Waals surface area (Å²) >= 11 is 7.29. The number of rotatable bonds is 3. The van der Waals surface area contributed by atoms with Crippen molar-refractivity contribution in [3.05, 3.63) is 53.1 Å². The minimum atomic E-state index is -0.604. The van der Waals surface area contributed by atoms with Crippen LogP contribution in [0, 0.1) is 5.82 Å². The van der Waals surface area contributed by atoms with Crippen molar-refractivity contribution in [2.24, 2.45) is 0 Å². The summed E-state index contributed by atoms with van der Waals surface area (Å²) in [7, 11) is 0. The van der Waals surface area contributed by atoms with Crippen molar-refractivity contribution in [2.75, 3.05) is 11.6 Å². The summed E-state index contributed by atoms with van der Waals surface area (Å²) in [6.45, 7) is 0. The molecule has 2 aromatic rings. The number of carbonyl (C=O) groups is 1. The van der Waals surface area contributed by atoms with Crippen molar-refractivity contribution >= 4 is 35.0 Å². The summed E-state index contributed by atoms with van der Waals surface area (Å²) in [5.41, 5.74) is 0.665. The highest BCUT2D eigenvalue weighted by molar-refractivity contribution is 7.98. The van der Waals surface area contributed by atoms with E-state index in [-0.39, 0.29) is 10.7 Å². The largest absolute Gasteiger partial charge is 0.321 e. The van der Waals surface area contributed by atoms with Crippen LogP contribution in [0.4, 0.5) is 10.1 Å². The zero-order chi connectivity index (χ0) is 13.8. The number of pyridine rings is 1. The van der Waals surface area contributed by atoms with Gasteiger partial charge in [0.05, 0.1) is 17.4 Å². The molecule has 6 heteroatoms. The molecule has 98 valence electrons. The van der Waals surface area contributed by atoms with Gasteiger partial charge in [-0.3, -0.25) is 4.79 Å². The number of benzene rings is 1. The fourth-order valence-electron chi connectivity index (χ4n) is 1.52. The molecule has 1 heterocycles. The lowest BCUT2D eigenvalue weighted by Crippen LogP contribution is -2.14. The summed E-state index contributed by atoms with van der Waals surface area (Å²) in [6.07, 6.45) is 2.87. The highest BCUT2D eigenvalue weighted by Crippen LogP contribution is 2.25. The zero-order valence-electron chi connectivity index (χ0n) is 9.98. The van der Waals surface area contributed by atoms with Gasteiger partial charge >= 0.3 is 0 Å². The van der Waals surface area contributed by atoms with Gasteiger partial charge < -0.3 is 5.32 Å². The highest BCUT2D eigenvalue weighted by atomic mass is 35.5. The molecule has 0 bridgehead atoms. The number of hydrogen-bond donors (Lipinski definition) is 1. The third kappa shape index (κ3) is 3.24. The maximum atomic E-state index is 13.1. The van der Waals surface area contributed by atoms with Gasteiger partial charge in [-0.05, 0) is 24.5 Å². The summed E-state index contributed by atoms with van der Waals surface area (Å²) in [5, 5.41) is 2.67. The Morgan fingerprint density at radius 2 is 2.16 bits per heavy atom. The third-order valence-corrected chi connectivity index (χ3v) is 3.50. The smallest absolute Gasteiger partial charge is 0.258 e. The van der Waals surface area contributed by atoms with Crippen molar-refractivity contribution in [1.82, 2.24) is 4.98 Å². The number of thioether (sulfide) groups is 1. The average Bonchev–Trinajstić information content (AvgIpc) is 2.42. The minimum Gasteiger partial charge on any atom is -0.321 e. The summed E-state index contributed by atoms with van der Waals surface area (Å²) < 4.78 is 13.1. The molecule has 0 radical (unpaired) electrons. The molecule has 0 aliphatic heterocycles. The Morgan fingerprint density at radius 3 is 2.89 bits per heavy atom. The summed E-state index contributed by atoms with van der Waals surface area (Å²) in [4.78, 5) is 16.6. The second-order valence-electron chi connectivity index (χ2n) is 3.65. The van der Waals surface area contributed by atoms with Gasteiger partial charge in [-0.1, -0.05) is 23.7 Å². The first-order chi connectivity index (χ1) is 9.11. The number of para-hydroxylation sites is 1. The van der Waals surface area contributed by atoms with E-state index in [9.17, 15) is 9.18 Å². The Hall–Kier alpha value is -1.59. The van der Waals surface area contributed by atoms with E-state index < -0.39 is 11.7 Å². The molecule has 0 saturated heterocycles. The van der Waals surface area contributed by atoms with Gasteiger partial charge in [0.25, 0.3) is 5.91 Å². The summed E-state index contributed by atoms with van der Waals surface area (Å²) in [5.74, 6) is -1.09. The van der Waals surface area contributed by atoms with Crippen molar-refractivity contribution in [2.45, 2.75) is 4.90 Å². The Labute approximate surface area is 119 Å². The number of nitrogens with one attached hydrogen (secondary N) is 1. The van der Waals surface area contributed by atoms with E-state index >= 15 is 0 Å². The lowest BCUT2D eigenvalue weighted by Gasteiger charge is -2.09. The first kappa shape index (κ1) is 13.8. The molecule has 0 spiro atoms. The monoisotopic (exact) mass is 296 g/mol. The maximum absolute atomic E-state index is 13.1. The van der Waals surface area contributed by atoms with Crippen LogP contribution in [0.2, 0.25) is 5.15 Å². The van der Waals surface area contributed by atoms with Crippen LogP contribution >= 0.6 is 23.4 Å². The predicted molar refractivity (Wildman–Crippen MR) is 75.4 cm³/mol. The number of anilines is 1. The van der Waals surface area contributed by atoms with Gasteiger partial charge in [-0.25, -0.2) is 9.37 Å².